The zero-order chi connectivity index (χ0) is 52.9. The number of carbonyl (C=O) groups is 3. The van der Waals surface area contributed by atoms with Crippen LogP contribution in [0.1, 0.15) is 329 Å². The van der Waals surface area contributed by atoms with Gasteiger partial charge in [0.25, 0.3) is 0 Å². The maximum Gasteiger partial charge on any atom is 0.306 e. The number of allylic oxidation sites excluding steroid dienone is 10. The van der Waals surface area contributed by atoms with Crippen LogP contribution in [0, 0.1) is 0 Å². The summed E-state index contributed by atoms with van der Waals surface area (Å²) in [6.07, 6.45) is 77.8. The summed E-state index contributed by atoms with van der Waals surface area (Å²) in [5.41, 5.74) is 0. The van der Waals surface area contributed by atoms with Crippen LogP contribution in [-0.2, 0) is 28.6 Å². The fourth-order valence-corrected chi connectivity index (χ4v) is 9.15. The Morgan fingerprint density at radius 1 is 0.274 bits per heavy atom. The van der Waals surface area contributed by atoms with Gasteiger partial charge in [0.2, 0.25) is 0 Å². The van der Waals surface area contributed by atoms with Crippen molar-refractivity contribution in [1.82, 2.24) is 0 Å². The maximum absolute atomic E-state index is 12.9. The molecule has 0 amide bonds. The second-order valence-corrected chi connectivity index (χ2v) is 21.3. The van der Waals surface area contributed by atoms with Crippen LogP contribution in [0.4, 0.5) is 0 Å². The minimum absolute atomic E-state index is 0.0810. The summed E-state index contributed by atoms with van der Waals surface area (Å²) < 4.78 is 16.9. The van der Waals surface area contributed by atoms with Crippen molar-refractivity contribution in [2.24, 2.45) is 0 Å². The van der Waals surface area contributed by atoms with Crippen molar-refractivity contribution in [1.29, 1.82) is 0 Å². The molecule has 424 valence electrons. The zero-order valence-corrected chi connectivity index (χ0v) is 48.7. The fraction of sp³-hybridized carbons (Fsp3) is 0.806. The van der Waals surface area contributed by atoms with Crippen molar-refractivity contribution in [3.63, 3.8) is 0 Å². The molecule has 0 saturated heterocycles. The Bertz CT molecular complexity index is 1310. The molecule has 0 aromatic rings. The molecule has 6 heteroatoms. The lowest BCUT2D eigenvalue weighted by atomic mass is 10.1. The van der Waals surface area contributed by atoms with Gasteiger partial charge in [-0.25, -0.2) is 0 Å². The van der Waals surface area contributed by atoms with Crippen LogP contribution in [0.15, 0.2) is 60.8 Å². The summed E-state index contributed by atoms with van der Waals surface area (Å²) in [6.45, 7) is 6.64. The Kier molecular flexibility index (Phi) is 59.2. The Balaban J connectivity index is 4.39. The van der Waals surface area contributed by atoms with Crippen LogP contribution in [0.2, 0.25) is 0 Å². The average molecular weight is 1020 g/mol. The van der Waals surface area contributed by atoms with Gasteiger partial charge in [-0.05, 0) is 109 Å². The number of carbonyl (C=O) groups excluding carboxylic acids is 3. The molecule has 0 bridgehead atoms. The van der Waals surface area contributed by atoms with Crippen LogP contribution in [-0.4, -0.2) is 37.2 Å². The van der Waals surface area contributed by atoms with Crippen LogP contribution in [0.5, 0.6) is 0 Å². The molecular formula is C67H120O6. The molecule has 0 aliphatic heterocycles. The Morgan fingerprint density at radius 3 is 0.781 bits per heavy atom. The van der Waals surface area contributed by atoms with E-state index in [1.807, 2.05) is 0 Å². The minimum Gasteiger partial charge on any atom is -0.462 e. The molecule has 6 nitrogen and oxygen atoms in total. The molecule has 0 radical (unpaired) electrons. The number of hydrogen-bond donors (Lipinski definition) is 0. The van der Waals surface area contributed by atoms with Gasteiger partial charge < -0.3 is 14.2 Å². The van der Waals surface area contributed by atoms with E-state index in [2.05, 4.69) is 81.5 Å². The second-order valence-electron chi connectivity index (χ2n) is 21.3. The lowest BCUT2D eigenvalue weighted by Crippen LogP contribution is -2.30. The Morgan fingerprint density at radius 2 is 0.493 bits per heavy atom. The normalized spacial score (nSPS) is 12.4. The van der Waals surface area contributed by atoms with Gasteiger partial charge in [-0.15, -0.1) is 0 Å². The van der Waals surface area contributed by atoms with Crippen LogP contribution in [0.3, 0.4) is 0 Å². The van der Waals surface area contributed by atoms with Crippen LogP contribution >= 0.6 is 0 Å². The highest BCUT2D eigenvalue weighted by Gasteiger charge is 2.19. The van der Waals surface area contributed by atoms with E-state index in [0.29, 0.717) is 19.3 Å². The fourth-order valence-electron chi connectivity index (χ4n) is 9.15. The van der Waals surface area contributed by atoms with Crippen molar-refractivity contribution in [3.8, 4) is 0 Å². The van der Waals surface area contributed by atoms with Gasteiger partial charge in [0, 0.05) is 19.3 Å². The highest BCUT2D eigenvalue weighted by Crippen LogP contribution is 2.16. The van der Waals surface area contributed by atoms with Crippen LogP contribution < -0.4 is 0 Å². The summed E-state index contributed by atoms with van der Waals surface area (Å²) in [5.74, 6) is -0.886. The molecule has 0 spiro atoms. The molecule has 0 aromatic carbocycles. The standard InChI is InChI=1S/C67H120O6/c1-4-7-10-13-16-19-22-25-28-31-32-33-34-37-39-42-45-48-51-54-57-60-66(69)72-63-64(73-67(70)61-58-55-52-49-46-43-40-36-30-27-24-21-18-15-12-9-6-3)62-71-65(68)59-56-53-50-47-44-41-38-35-29-26-23-20-17-14-11-8-5-2/h22,25-27,29-32,34,37,64H,4-21,23-24,28,33,35-36,38-63H2,1-3H3/b25-22-,29-26-,30-27-,32-31-,37-34-. The summed E-state index contributed by atoms with van der Waals surface area (Å²) in [4.78, 5) is 38.3. The Hall–Kier alpha value is -2.89. The second kappa shape index (κ2) is 61.7. The lowest BCUT2D eigenvalue weighted by molar-refractivity contribution is -0.167. The first-order valence-corrected chi connectivity index (χ1v) is 31.8. The van der Waals surface area contributed by atoms with Crippen molar-refractivity contribution in [2.45, 2.75) is 335 Å². The van der Waals surface area contributed by atoms with E-state index in [-0.39, 0.29) is 31.1 Å². The molecule has 0 N–H and O–H groups in total. The molecular weight excluding hydrogens is 901 g/mol. The summed E-state index contributed by atoms with van der Waals surface area (Å²) in [5, 5.41) is 0. The van der Waals surface area contributed by atoms with Crippen molar-refractivity contribution >= 4 is 17.9 Å². The van der Waals surface area contributed by atoms with Crippen molar-refractivity contribution < 1.29 is 28.6 Å². The Labute approximate surface area is 453 Å². The van der Waals surface area contributed by atoms with Gasteiger partial charge in [-0.3, -0.25) is 14.4 Å². The van der Waals surface area contributed by atoms with Crippen LogP contribution in [0.25, 0.3) is 0 Å². The molecule has 0 rings (SSSR count). The average Bonchev–Trinajstić information content (AvgIpc) is 3.39. The first-order chi connectivity index (χ1) is 36.0. The number of esters is 3. The third-order valence-corrected chi connectivity index (χ3v) is 14.0. The van der Waals surface area contributed by atoms with E-state index in [1.54, 1.807) is 0 Å². The van der Waals surface area contributed by atoms with E-state index >= 15 is 0 Å². The van der Waals surface area contributed by atoms with Gasteiger partial charge in [-0.1, -0.05) is 261 Å². The van der Waals surface area contributed by atoms with E-state index in [4.69, 9.17) is 14.2 Å². The quantitative estimate of drug-likeness (QED) is 0.0261. The largest absolute Gasteiger partial charge is 0.462 e. The topological polar surface area (TPSA) is 78.9 Å². The van der Waals surface area contributed by atoms with E-state index < -0.39 is 6.10 Å². The van der Waals surface area contributed by atoms with Gasteiger partial charge in [-0.2, -0.15) is 0 Å². The van der Waals surface area contributed by atoms with E-state index in [9.17, 15) is 14.4 Å². The molecule has 1 atom stereocenters. The van der Waals surface area contributed by atoms with Gasteiger partial charge in [0.05, 0.1) is 0 Å². The summed E-state index contributed by atoms with van der Waals surface area (Å²) in [7, 11) is 0. The van der Waals surface area contributed by atoms with Gasteiger partial charge in [0.1, 0.15) is 13.2 Å². The number of unbranched alkanes of at least 4 members (excludes halogenated alkanes) is 37. The first-order valence-electron chi connectivity index (χ1n) is 31.8. The van der Waals surface area contributed by atoms with Crippen molar-refractivity contribution in [3.05, 3.63) is 60.8 Å². The highest BCUT2D eigenvalue weighted by molar-refractivity contribution is 5.71. The van der Waals surface area contributed by atoms with Gasteiger partial charge >= 0.3 is 17.9 Å². The smallest absolute Gasteiger partial charge is 0.306 e. The first kappa shape index (κ1) is 70.1. The monoisotopic (exact) mass is 1020 g/mol. The van der Waals surface area contributed by atoms with E-state index in [1.165, 1.54) is 212 Å². The molecule has 1 unspecified atom stereocenters. The number of ether oxygens (including phenoxy) is 3. The molecule has 73 heavy (non-hydrogen) atoms. The molecule has 0 aliphatic rings. The predicted octanol–water partition coefficient (Wildman–Crippen LogP) is 21.6. The molecule has 0 aromatic heterocycles. The zero-order valence-electron chi connectivity index (χ0n) is 48.7. The molecule has 0 fully saturated rings. The third-order valence-electron chi connectivity index (χ3n) is 14.0. The third kappa shape index (κ3) is 59.9. The SMILES string of the molecule is CCCCCCC/C=C\C/C=C\C/C=C\CCCCCCCCC(=O)OCC(COC(=O)CCCCCCCCC/C=C\CCCCCCCC)OC(=O)CCCCCCCCC/C=C\CCCCCCCC. The lowest BCUT2D eigenvalue weighted by Gasteiger charge is -2.18. The predicted molar refractivity (Wildman–Crippen MR) is 316 cm³/mol. The number of hydrogen-bond acceptors (Lipinski definition) is 6. The maximum atomic E-state index is 12.9. The van der Waals surface area contributed by atoms with E-state index in [0.717, 1.165) is 77.0 Å². The number of rotatable bonds is 58. The highest BCUT2D eigenvalue weighted by atomic mass is 16.6. The molecule has 0 heterocycles. The summed E-state index contributed by atoms with van der Waals surface area (Å²) in [6, 6.07) is 0. The summed E-state index contributed by atoms with van der Waals surface area (Å²) >= 11 is 0. The van der Waals surface area contributed by atoms with Gasteiger partial charge in [0.15, 0.2) is 6.10 Å². The molecule has 0 saturated carbocycles. The van der Waals surface area contributed by atoms with Crippen molar-refractivity contribution in [2.75, 3.05) is 13.2 Å². The molecule has 0 aliphatic carbocycles. The minimum atomic E-state index is -0.785.